The third-order valence-electron chi connectivity index (χ3n) is 9.22. The second kappa shape index (κ2) is 19.0. The number of aromatic amines is 1. The summed E-state index contributed by atoms with van der Waals surface area (Å²) in [5.41, 5.74) is 3.07. The maximum atomic E-state index is 12.3. The predicted molar refractivity (Wildman–Crippen MR) is 196 cm³/mol. The van der Waals surface area contributed by atoms with Gasteiger partial charge in [0.05, 0.1) is 59.3 Å². The predicted octanol–water partition coefficient (Wildman–Crippen LogP) is 2.33. The molecule has 2 amide bonds. The van der Waals surface area contributed by atoms with Gasteiger partial charge >= 0.3 is 0 Å². The zero-order chi connectivity index (χ0) is 35.4. The number of hydrogen-bond donors (Lipinski definition) is 5. The third-order valence-corrected chi connectivity index (χ3v) is 10.7. The van der Waals surface area contributed by atoms with E-state index in [1.807, 2.05) is 48.3 Å². The summed E-state index contributed by atoms with van der Waals surface area (Å²) >= 11 is 2.03. The second-order valence-electron chi connectivity index (χ2n) is 13.0. The molecule has 5 heterocycles. The van der Waals surface area contributed by atoms with Gasteiger partial charge in [0.2, 0.25) is 11.8 Å². The average molecular weight is 727 g/mol. The average Bonchev–Trinajstić information content (AvgIpc) is 3.51. The molecule has 5 N–H and O–H groups in total. The standard InChI is InChI=1S/C36H50N6O8S/c1-42-22-27(26-10-12-38-32(26)36(42)45)24-6-8-25(9-7-24)39-31(44)11-14-46-16-18-48-20-21-49-19-17-47-15-13-37-30(43)5-3-2-4-29-33-28(23-51-29)40-34-35(41-33)50-34/h6-10,12,22,28-29,33-35,38,40-41H,2-5,11,13-21,23H2,1H3,(H,37,43)(H,39,44)/t28-,29-,33-,34?,35?/m0/s1. The van der Waals surface area contributed by atoms with Crippen LogP contribution in [0.3, 0.4) is 0 Å². The number of anilines is 1. The highest BCUT2D eigenvalue weighted by atomic mass is 32.2. The van der Waals surface area contributed by atoms with E-state index in [4.69, 9.17) is 23.7 Å². The van der Waals surface area contributed by atoms with Gasteiger partial charge in [0.1, 0.15) is 5.52 Å². The fourth-order valence-electron chi connectivity index (χ4n) is 6.46. The summed E-state index contributed by atoms with van der Waals surface area (Å²) in [6.45, 7) is 3.82. The molecule has 0 bridgehead atoms. The van der Waals surface area contributed by atoms with Crippen molar-refractivity contribution in [2.45, 2.75) is 61.9 Å². The van der Waals surface area contributed by atoms with Crippen molar-refractivity contribution >= 4 is 40.2 Å². The lowest BCUT2D eigenvalue weighted by molar-refractivity contribution is -0.121. The Labute approximate surface area is 302 Å². The molecule has 5 atom stereocenters. The molecule has 0 radical (unpaired) electrons. The summed E-state index contributed by atoms with van der Waals surface area (Å²) in [5, 5.41) is 14.4. The van der Waals surface area contributed by atoms with Gasteiger partial charge in [-0.05, 0) is 36.6 Å². The highest BCUT2D eigenvalue weighted by Gasteiger charge is 2.52. The first-order chi connectivity index (χ1) is 25.0. The van der Waals surface area contributed by atoms with E-state index in [2.05, 4.69) is 26.3 Å². The maximum Gasteiger partial charge on any atom is 0.274 e. The first-order valence-electron chi connectivity index (χ1n) is 17.9. The van der Waals surface area contributed by atoms with E-state index in [0.29, 0.717) is 94.4 Å². The largest absolute Gasteiger partial charge is 0.379 e. The Morgan fingerprint density at radius 1 is 0.882 bits per heavy atom. The number of nitrogens with zero attached hydrogens (tertiary/aromatic N) is 1. The smallest absolute Gasteiger partial charge is 0.274 e. The van der Waals surface area contributed by atoms with Crippen LogP contribution in [0.15, 0.2) is 47.5 Å². The van der Waals surface area contributed by atoms with E-state index in [0.717, 1.165) is 41.5 Å². The number of amides is 2. The Hall–Kier alpha value is -3.28. The number of carbonyl (C=O) groups excluding carboxylic acids is 2. The lowest BCUT2D eigenvalue weighted by atomic mass is 10.00. The van der Waals surface area contributed by atoms with Crippen LogP contribution in [0.4, 0.5) is 5.69 Å². The van der Waals surface area contributed by atoms with Crippen LogP contribution in [0.25, 0.3) is 22.0 Å². The Morgan fingerprint density at radius 2 is 1.59 bits per heavy atom. The van der Waals surface area contributed by atoms with Crippen molar-refractivity contribution in [1.82, 2.24) is 25.5 Å². The molecular formula is C36H50N6O8S. The molecule has 2 aromatic heterocycles. The number of H-pyrrole nitrogens is 1. The van der Waals surface area contributed by atoms with Crippen LogP contribution < -0.4 is 26.8 Å². The normalized spacial score (nSPS) is 22.1. The minimum Gasteiger partial charge on any atom is -0.379 e. The number of thioether (sulfide) groups is 1. The van der Waals surface area contributed by atoms with Crippen molar-refractivity contribution in [2.75, 3.05) is 70.5 Å². The fraction of sp³-hybridized carbons (Fsp3) is 0.583. The van der Waals surface area contributed by atoms with E-state index in [1.165, 1.54) is 0 Å². The lowest BCUT2D eigenvalue weighted by Gasteiger charge is -2.28. The van der Waals surface area contributed by atoms with Gasteiger partial charge in [0.25, 0.3) is 5.56 Å². The van der Waals surface area contributed by atoms with Gasteiger partial charge in [-0.2, -0.15) is 11.8 Å². The molecule has 0 spiro atoms. The van der Waals surface area contributed by atoms with E-state index >= 15 is 0 Å². The summed E-state index contributed by atoms with van der Waals surface area (Å²) in [4.78, 5) is 39.8. The molecule has 2 unspecified atom stereocenters. The van der Waals surface area contributed by atoms with Crippen LogP contribution in [0.1, 0.15) is 32.1 Å². The molecule has 3 saturated heterocycles. The van der Waals surface area contributed by atoms with Crippen molar-refractivity contribution in [3.8, 4) is 11.1 Å². The number of pyridine rings is 1. The number of piperazine rings is 1. The molecule has 14 nitrogen and oxygen atoms in total. The van der Waals surface area contributed by atoms with E-state index in [9.17, 15) is 14.4 Å². The van der Waals surface area contributed by atoms with E-state index in [-0.39, 0.29) is 36.3 Å². The minimum atomic E-state index is -0.137. The Bertz CT molecular complexity index is 1630. The second-order valence-corrected chi connectivity index (χ2v) is 14.2. The van der Waals surface area contributed by atoms with Gasteiger partial charge in [0, 0.05) is 72.1 Å². The Kier molecular flexibility index (Phi) is 14.0. The molecule has 3 aliphatic heterocycles. The monoisotopic (exact) mass is 726 g/mol. The number of benzene rings is 1. The number of hydrogen-bond acceptors (Lipinski definition) is 11. The van der Waals surface area contributed by atoms with Crippen LogP contribution in [-0.2, 0) is 40.3 Å². The SMILES string of the molecule is Cn1cc(-c2ccc(NC(=O)CCOCCOCCOCCOCCNC(=O)CCCC[C@@H]3SC[C@@H]4NC5OC5N[C@@H]43)cc2)c2cc[nH]c2c1=O. The molecule has 278 valence electrons. The van der Waals surface area contributed by atoms with E-state index < -0.39 is 0 Å². The summed E-state index contributed by atoms with van der Waals surface area (Å²) in [7, 11) is 1.73. The van der Waals surface area contributed by atoms with Crippen LogP contribution in [-0.4, -0.2) is 116 Å². The number of fused-ring (bicyclic) bond motifs is 3. The number of unbranched alkanes of at least 4 members (excludes halogenated alkanes) is 1. The van der Waals surface area contributed by atoms with E-state index in [1.54, 1.807) is 17.8 Å². The molecule has 0 aliphatic carbocycles. The van der Waals surface area contributed by atoms with Gasteiger partial charge in [-0.15, -0.1) is 0 Å². The molecule has 51 heavy (non-hydrogen) atoms. The molecule has 15 heteroatoms. The summed E-state index contributed by atoms with van der Waals surface area (Å²) in [5.74, 6) is 1.06. The number of carbonyl (C=O) groups is 2. The summed E-state index contributed by atoms with van der Waals surface area (Å²) in [6.07, 6.45) is 7.82. The highest BCUT2D eigenvalue weighted by Crippen LogP contribution is 2.37. The van der Waals surface area contributed by atoms with Gasteiger partial charge in [-0.25, -0.2) is 0 Å². The van der Waals surface area contributed by atoms with Crippen LogP contribution in [0.2, 0.25) is 0 Å². The Balaban J connectivity index is 0.695. The first-order valence-corrected chi connectivity index (χ1v) is 18.9. The van der Waals surface area contributed by atoms with Crippen molar-refractivity contribution < 1.29 is 33.3 Å². The number of epoxide rings is 1. The molecule has 3 aromatic rings. The zero-order valence-corrected chi connectivity index (χ0v) is 30.0. The molecule has 3 fully saturated rings. The van der Waals surface area contributed by atoms with Crippen LogP contribution in [0, 0.1) is 0 Å². The Morgan fingerprint density at radius 3 is 2.35 bits per heavy atom. The van der Waals surface area contributed by atoms with Gasteiger partial charge in [0.15, 0.2) is 12.5 Å². The summed E-state index contributed by atoms with van der Waals surface area (Å²) < 4.78 is 29.2. The van der Waals surface area contributed by atoms with Gasteiger partial charge < -0.3 is 43.9 Å². The topological polar surface area (TPSA) is 170 Å². The first kappa shape index (κ1) is 37.5. The zero-order valence-electron chi connectivity index (χ0n) is 29.2. The third kappa shape index (κ3) is 10.9. The van der Waals surface area contributed by atoms with Crippen molar-refractivity contribution in [3.63, 3.8) is 0 Å². The van der Waals surface area contributed by atoms with Crippen molar-refractivity contribution in [2.24, 2.45) is 7.05 Å². The number of ether oxygens (including phenoxy) is 5. The molecule has 6 rings (SSSR count). The lowest BCUT2D eigenvalue weighted by Crippen LogP contribution is -2.57. The highest BCUT2D eigenvalue weighted by molar-refractivity contribution is 8.00. The van der Waals surface area contributed by atoms with Gasteiger partial charge in [-0.3, -0.25) is 25.0 Å². The number of aromatic nitrogens is 2. The molecular weight excluding hydrogens is 676 g/mol. The maximum absolute atomic E-state index is 12.3. The van der Waals surface area contributed by atoms with Crippen LogP contribution in [0.5, 0.6) is 0 Å². The molecule has 1 aromatic carbocycles. The fourth-order valence-corrected chi connectivity index (χ4v) is 8.03. The van der Waals surface area contributed by atoms with Crippen LogP contribution >= 0.6 is 11.8 Å². The van der Waals surface area contributed by atoms with Crippen molar-refractivity contribution in [1.29, 1.82) is 0 Å². The van der Waals surface area contributed by atoms with Gasteiger partial charge in [-0.1, -0.05) is 18.6 Å². The number of aryl methyl sites for hydroxylation is 1. The molecule has 3 aliphatic rings. The number of rotatable bonds is 22. The quantitative estimate of drug-likeness (QED) is 0.0761. The number of nitrogens with one attached hydrogen (secondary N) is 5. The van der Waals surface area contributed by atoms with Crippen molar-refractivity contribution in [3.05, 3.63) is 53.1 Å². The minimum absolute atomic E-state index is 0.0729. The summed E-state index contributed by atoms with van der Waals surface area (Å²) in [6, 6.07) is 10.4. The molecule has 0 saturated carbocycles.